The first-order valence-corrected chi connectivity index (χ1v) is 4.77. The lowest BCUT2D eigenvalue weighted by Gasteiger charge is -2.23. The Bertz CT molecular complexity index is 359. The zero-order chi connectivity index (χ0) is 10.9. The molecule has 0 bridgehead atoms. The van der Waals surface area contributed by atoms with Gasteiger partial charge in [0.25, 0.3) is 0 Å². The first-order valence-electron chi connectivity index (χ1n) is 4.77. The molecule has 0 unspecified atom stereocenters. The fourth-order valence-corrected chi connectivity index (χ4v) is 1.66. The summed E-state index contributed by atoms with van der Waals surface area (Å²) in [4.78, 5) is 0. The minimum atomic E-state index is -0.962. The molecule has 1 saturated heterocycles. The topological polar surface area (TPSA) is 27.7 Å². The highest BCUT2D eigenvalue weighted by Crippen LogP contribution is 2.33. The monoisotopic (exact) mass is 212 g/mol. The number of hydrogen-bond donors (Lipinski definition) is 0. The van der Waals surface area contributed by atoms with Crippen molar-refractivity contribution in [2.45, 2.75) is 12.7 Å². The van der Waals surface area contributed by atoms with E-state index in [4.69, 9.17) is 14.2 Å². The van der Waals surface area contributed by atoms with Crippen LogP contribution >= 0.6 is 0 Å². The van der Waals surface area contributed by atoms with Crippen molar-refractivity contribution in [1.82, 2.24) is 0 Å². The molecule has 0 N–H and O–H groups in total. The largest absolute Gasteiger partial charge is 0.497 e. The van der Waals surface area contributed by atoms with Crippen molar-refractivity contribution in [1.29, 1.82) is 0 Å². The summed E-state index contributed by atoms with van der Waals surface area (Å²) in [5.41, 5.74) is 0.404. The van der Waals surface area contributed by atoms with Crippen molar-refractivity contribution in [3.05, 3.63) is 29.6 Å². The van der Waals surface area contributed by atoms with Gasteiger partial charge in [-0.15, -0.1) is 0 Å². The van der Waals surface area contributed by atoms with Gasteiger partial charge in [0, 0.05) is 11.6 Å². The Hall–Kier alpha value is -1.13. The molecule has 0 saturated carbocycles. The molecule has 3 nitrogen and oxygen atoms in total. The van der Waals surface area contributed by atoms with Crippen molar-refractivity contribution in [3.8, 4) is 5.75 Å². The summed E-state index contributed by atoms with van der Waals surface area (Å²) in [6.45, 7) is 2.69. The van der Waals surface area contributed by atoms with Crippen molar-refractivity contribution in [2.75, 3.05) is 20.3 Å². The second kappa shape index (κ2) is 3.79. The summed E-state index contributed by atoms with van der Waals surface area (Å²) in [5.74, 6) is -0.854. The zero-order valence-electron chi connectivity index (χ0n) is 8.75. The van der Waals surface area contributed by atoms with Crippen molar-refractivity contribution >= 4 is 0 Å². The van der Waals surface area contributed by atoms with E-state index in [-0.39, 0.29) is 5.82 Å². The van der Waals surface area contributed by atoms with E-state index in [1.165, 1.54) is 13.2 Å². The maximum absolute atomic E-state index is 13.7. The average molecular weight is 212 g/mol. The van der Waals surface area contributed by atoms with Crippen LogP contribution in [0.3, 0.4) is 0 Å². The van der Waals surface area contributed by atoms with Crippen LogP contribution in [-0.2, 0) is 15.3 Å². The van der Waals surface area contributed by atoms with Gasteiger partial charge in [-0.3, -0.25) is 0 Å². The molecular weight excluding hydrogens is 199 g/mol. The van der Waals surface area contributed by atoms with E-state index in [1.807, 2.05) is 0 Å². The molecule has 1 aromatic rings. The summed E-state index contributed by atoms with van der Waals surface area (Å²) in [5, 5.41) is 0. The predicted molar refractivity (Wildman–Crippen MR) is 52.2 cm³/mol. The molecule has 1 aliphatic heterocycles. The Kier molecular flexibility index (Phi) is 2.63. The summed E-state index contributed by atoms with van der Waals surface area (Å²) >= 11 is 0. The Morgan fingerprint density at radius 1 is 1.33 bits per heavy atom. The number of halogens is 1. The van der Waals surface area contributed by atoms with Crippen molar-refractivity contribution in [2.24, 2.45) is 0 Å². The first kappa shape index (κ1) is 10.4. The molecule has 0 amide bonds. The van der Waals surface area contributed by atoms with Crippen LogP contribution in [0.4, 0.5) is 4.39 Å². The number of rotatable bonds is 2. The molecule has 1 fully saturated rings. The van der Waals surface area contributed by atoms with Crippen LogP contribution in [0.1, 0.15) is 12.5 Å². The van der Waals surface area contributed by atoms with Gasteiger partial charge in [-0.25, -0.2) is 4.39 Å². The molecule has 4 heteroatoms. The average Bonchev–Trinajstić information content (AvgIpc) is 2.65. The number of ether oxygens (including phenoxy) is 3. The van der Waals surface area contributed by atoms with Crippen LogP contribution in [-0.4, -0.2) is 20.3 Å². The lowest BCUT2D eigenvalue weighted by Crippen LogP contribution is -2.23. The second-order valence-electron chi connectivity index (χ2n) is 3.49. The Labute approximate surface area is 87.8 Å². The standard InChI is InChI=1S/C11H13FO3/c1-11(14-5-6-15-11)9-4-3-8(13-2)7-10(9)12/h3-4,7H,5-6H2,1-2H3. The van der Waals surface area contributed by atoms with E-state index >= 15 is 0 Å². The first-order chi connectivity index (χ1) is 7.15. The van der Waals surface area contributed by atoms with Gasteiger partial charge in [0.2, 0.25) is 0 Å². The lowest BCUT2D eigenvalue weighted by molar-refractivity contribution is -0.151. The van der Waals surface area contributed by atoms with Gasteiger partial charge in [0.1, 0.15) is 11.6 Å². The van der Waals surface area contributed by atoms with Gasteiger partial charge in [0.05, 0.1) is 20.3 Å². The Balaban J connectivity index is 2.36. The van der Waals surface area contributed by atoms with E-state index in [9.17, 15) is 4.39 Å². The summed E-state index contributed by atoms with van der Waals surface area (Å²) in [6.07, 6.45) is 0. The van der Waals surface area contributed by atoms with Crippen LogP contribution in [0.5, 0.6) is 5.75 Å². The molecule has 0 atom stereocenters. The van der Waals surface area contributed by atoms with E-state index in [1.54, 1.807) is 19.1 Å². The minimum absolute atomic E-state index is 0.376. The van der Waals surface area contributed by atoms with Crippen molar-refractivity contribution < 1.29 is 18.6 Å². The van der Waals surface area contributed by atoms with Gasteiger partial charge in [0.15, 0.2) is 5.79 Å². The van der Waals surface area contributed by atoms with Crippen molar-refractivity contribution in [3.63, 3.8) is 0 Å². The zero-order valence-corrected chi connectivity index (χ0v) is 8.75. The van der Waals surface area contributed by atoms with Crippen LogP contribution < -0.4 is 4.74 Å². The molecule has 0 radical (unpaired) electrons. The van der Waals surface area contributed by atoms with E-state index < -0.39 is 5.79 Å². The smallest absolute Gasteiger partial charge is 0.194 e. The summed E-state index contributed by atoms with van der Waals surface area (Å²) in [6, 6.07) is 4.64. The summed E-state index contributed by atoms with van der Waals surface area (Å²) in [7, 11) is 1.50. The maximum atomic E-state index is 13.7. The normalized spacial score (nSPS) is 19.1. The third-order valence-electron chi connectivity index (χ3n) is 2.50. The molecule has 0 aliphatic carbocycles. The Morgan fingerprint density at radius 2 is 2.00 bits per heavy atom. The quantitative estimate of drug-likeness (QED) is 0.751. The molecule has 15 heavy (non-hydrogen) atoms. The lowest BCUT2D eigenvalue weighted by atomic mass is 10.1. The fraction of sp³-hybridized carbons (Fsp3) is 0.455. The highest BCUT2D eigenvalue weighted by atomic mass is 19.1. The van der Waals surface area contributed by atoms with Crippen LogP contribution in [0.25, 0.3) is 0 Å². The van der Waals surface area contributed by atoms with Gasteiger partial charge in [-0.05, 0) is 19.1 Å². The van der Waals surface area contributed by atoms with E-state index in [0.717, 1.165) is 0 Å². The summed E-state index contributed by atoms with van der Waals surface area (Å²) < 4.78 is 29.4. The molecule has 2 rings (SSSR count). The number of benzene rings is 1. The fourth-order valence-electron chi connectivity index (χ4n) is 1.66. The highest BCUT2D eigenvalue weighted by Gasteiger charge is 2.35. The van der Waals surface area contributed by atoms with Crippen LogP contribution in [0.2, 0.25) is 0 Å². The van der Waals surface area contributed by atoms with Crippen LogP contribution in [0.15, 0.2) is 18.2 Å². The highest BCUT2D eigenvalue weighted by molar-refractivity contribution is 5.31. The Morgan fingerprint density at radius 3 is 2.53 bits per heavy atom. The molecular formula is C11H13FO3. The van der Waals surface area contributed by atoms with E-state index in [0.29, 0.717) is 24.5 Å². The predicted octanol–water partition coefficient (Wildman–Crippen LogP) is 2.05. The molecule has 1 aromatic carbocycles. The van der Waals surface area contributed by atoms with Gasteiger partial charge in [-0.2, -0.15) is 0 Å². The number of hydrogen-bond acceptors (Lipinski definition) is 3. The van der Waals surface area contributed by atoms with Gasteiger partial charge >= 0.3 is 0 Å². The van der Waals surface area contributed by atoms with E-state index in [2.05, 4.69) is 0 Å². The third kappa shape index (κ3) is 1.82. The second-order valence-corrected chi connectivity index (χ2v) is 3.49. The molecule has 82 valence electrons. The minimum Gasteiger partial charge on any atom is -0.497 e. The molecule has 0 spiro atoms. The molecule has 1 heterocycles. The SMILES string of the molecule is COc1ccc(C2(C)OCCO2)c(F)c1. The number of methoxy groups -OCH3 is 1. The third-order valence-corrected chi connectivity index (χ3v) is 2.50. The maximum Gasteiger partial charge on any atom is 0.194 e. The van der Waals surface area contributed by atoms with Crippen LogP contribution in [0, 0.1) is 5.82 Å². The molecule has 0 aromatic heterocycles. The molecule has 1 aliphatic rings. The van der Waals surface area contributed by atoms with Gasteiger partial charge in [-0.1, -0.05) is 0 Å². The van der Waals surface area contributed by atoms with Gasteiger partial charge < -0.3 is 14.2 Å².